The van der Waals surface area contributed by atoms with E-state index in [1.54, 1.807) is 11.3 Å². The molecule has 0 spiro atoms. The zero-order valence-electron chi connectivity index (χ0n) is 11.2. The highest BCUT2D eigenvalue weighted by atomic mass is 32.1. The lowest BCUT2D eigenvalue weighted by Crippen LogP contribution is -1.96. The summed E-state index contributed by atoms with van der Waals surface area (Å²) in [5, 5.41) is 0. The summed E-state index contributed by atoms with van der Waals surface area (Å²) in [5.41, 5.74) is 4.32. The van der Waals surface area contributed by atoms with Crippen molar-refractivity contribution < 1.29 is 0 Å². The highest BCUT2D eigenvalue weighted by Crippen LogP contribution is 2.28. The summed E-state index contributed by atoms with van der Waals surface area (Å²) in [7, 11) is 0. The van der Waals surface area contributed by atoms with Crippen LogP contribution in [0.3, 0.4) is 0 Å². The van der Waals surface area contributed by atoms with Crippen LogP contribution in [0.5, 0.6) is 0 Å². The second-order valence-electron chi connectivity index (χ2n) is 4.80. The topological polar surface area (TPSA) is 15.8 Å². The smallest absolute Gasteiger partial charge is 0.159 e. The van der Waals surface area contributed by atoms with Crippen LogP contribution < -0.4 is 0 Å². The summed E-state index contributed by atoms with van der Waals surface area (Å²) in [6.45, 7) is 4.50. The quantitative estimate of drug-likeness (QED) is 0.676. The van der Waals surface area contributed by atoms with Crippen LogP contribution in [0.1, 0.15) is 50.7 Å². The molecule has 0 aliphatic rings. The van der Waals surface area contributed by atoms with E-state index < -0.39 is 0 Å². The summed E-state index contributed by atoms with van der Waals surface area (Å²) < 4.78 is 2.21. The third-order valence-electron chi connectivity index (χ3n) is 3.38. The number of hydrogen-bond donors (Lipinski definition) is 1. The van der Waals surface area contributed by atoms with Gasteiger partial charge >= 0.3 is 0 Å². The highest BCUT2D eigenvalue weighted by molar-refractivity contribution is 7.73. The van der Waals surface area contributed by atoms with Crippen molar-refractivity contribution in [2.45, 2.75) is 52.4 Å². The number of fused-ring (bicyclic) bond motifs is 1. The minimum atomic E-state index is 0.899. The number of rotatable bonds is 6. The van der Waals surface area contributed by atoms with E-state index in [1.165, 1.54) is 59.9 Å². The van der Waals surface area contributed by atoms with Crippen molar-refractivity contribution in [3.8, 4) is 0 Å². The van der Waals surface area contributed by atoms with E-state index in [2.05, 4.69) is 31.0 Å². The largest absolute Gasteiger partial charge is 0.337 e. The fourth-order valence-electron chi connectivity index (χ4n) is 2.36. The fraction of sp³-hybridized carbons (Fsp3) is 0.533. The molecular weight excluding hydrogens is 258 g/mol. The minimum absolute atomic E-state index is 0.899. The van der Waals surface area contributed by atoms with Crippen LogP contribution >= 0.6 is 23.6 Å². The van der Waals surface area contributed by atoms with E-state index in [0.717, 1.165) is 3.95 Å². The molecule has 0 saturated heterocycles. The Morgan fingerprint density at radius 1 is 1.11 bits per heavy atom. The Labute approximate surface area is 118 Å². The standard InChI is InChI=1S/C15H21NS2/c1-3-5-7-11-9-10-13-14(16-15(17)18-13)12(11)8-6-4-2/h9-10H,3-8H2,1-2H3,(H,16,17). The van der Waals surface area contributed by atoms with Crippen molar-refractivity contribution in [2.75, 3.05) is 0 Å². The van der Waals surface area contributed by atoms with E-state index >= 15 is 0 Å². The summed E-state index contributed by atoms with van der Waals surface area (Å²) >= 11 is 6.97. The SMILES string of the molecule is CCCCc1ccc2sc(=S)[nH]c2c1CCCC. The Balaban J connectivity index is 2.44. The van der Waals surface area contributed by atoms with Crippen molar-refractivity contribution in [1.29, 1.82) is 0 Å². The monoisotopic (exact) mass is 279 g/mol. The van der Waals surface area contributed by atoms with E-state index in [0.29, 0.717) is 0 Å². The minimum Gasteiger partial charge on any atom is -0.337 e. The lowest BCUT2D eigenvalue weighted by Gasteiger charge is -2.10. The van der Waals surface area contributed by atoms with Crippen LogP contribution in [0.25, 0.3) is 10.2 Å². The van der Waals surface area contributed by atoms with Gasteiger partial charge in [-0.05, 0) is 55.1 Å². The molecule has 1 nitrogen and oxygen atoms in total. The first-order chi connectivity index (χ1) is 8.76. The number of nitrogens with one attached hydrogen (secondary N) is 1. The third kappa shape index (κ3) is 3.01. The fourth-order valence-corrected chi connectivity index (χ4v) is 3.50. The molecule has 1 heterocycles. The molecule has 0 amide bonds. The van der Waals surface area contributed by atoms with Crippen molar-refractivity contribution in [3.63, 3.8) is 0 Å². The average Bonchev–Trinajstić information content (AvgIpc) is 2.74. The maximum Gasteiger partial charge on any atom is 0.159 e. The van der Waals surface area contributed by atoms with Crippen LogP contribution in [0.4, 0.5) is 0 Å². The predicted octanol–water partition coefficient (Wildman–Crippen LogP) is 5.64. The Morgan fingerprint density at radius 3 is 2.56 bits per heavy atom. The molecule has 0 saturated carbocycles. The van der Waals surface area contributed by atoms with E-state index in [1.807, 2.05) is 0 Å². The molecule has 1 aromatic heterocycles. The van der Waals surface area contributed by atoms with Crippen LogP contribution in [0.15, 0.2) is 12.1 Å². The summed E-state index contributed by atoms with van der Waals surface area (Å²) in [6, 6.07) is 4.54. The molecule has 0 aliphatic heterocycles. The zero-order valence-corrected chi connectivity index (χ0v) is 12.8. The number of aromatic amines is 1. The molecule has 0 fully saturated rings. The van der Waals surface area contributed by atoms with Gasteiger partial charge in [-0.25, -0.2) is 0 Å². The van der Waals surface area contributed by atoms with Crippen molar-refractivity contribution in [1.82, 2.24) is 4.98 Å². The van der Waals surface area contributed by atoms with Crippen LogP contribution in [0, 0.1) is 3.95 Å². The first kappa shape index (κ1) is 13.8. The van der Waals surface area contributed by atoms with Gasteiger partial charge < -0.3 is 4.98 Å². The van der Waals surface area contributed by atoms with Gasteiger partial charge in [0.05, 0.1) is 10.2 Å². The molecule has 98 valence electrons. The molecule has 0 bridgehead atoms. The summed E-state index contributed by atoms with van der Waals surface area (Å²) in [4.78, 5) is 3.39. The predicted molar refractivity (Wildman–Crippen MR) is 84.2 cm³/mol. The Morgan fingerprint density at radius 2 is 1.83 bits per heavy atom. The van der Waals surface area contributed by atoms with Gasteiger partial charge in [0, 0.05) is 0 Å². The molecule has 3 heteroatoms. The lowest BCUT2D eigenvalue weighted by atomic mass is 9.97. The Hall–Kier alpha value is -0.670. The molecule has 0 aliphatic carbocycles. The maximum absolute atomic E-state index is 5.28. The number of thiazole rings is 1. The second kappa shape index (κ2) is 6.48. The first-order valence-electron chi connectivity index (χ1n) is 6.89. The average molecular weight is 279 g/mol. The van der Waals surface area contributed by atoms with Gasteiger partial charge in [-0.2, -0.15) is 0 Å². The van der Waals surface area contributed by atoms with Crippen LogP contribution in [-0.2, 0) is 12.8 Å². The molecule has 0 unspecified atom stereocenters. The Bertz CT molecular complexity index is 565. The highest BCUT2D eigenvalue weighted by Gasteiger charge is 2.09. The summed E-state index contributed by atoms with van der Waals surface area (Å²) in [5.74, 6) is 0. The lowest BCUT2D eigenvalue weighted by molar-refractivity contribution is 0.761. The zero-order chi connectivity index (χ0) is 13.0. The molecule has 0 atom stereocenters. The molecule has 2 rings (SSSR count). The third-order valence-corrected chi connectivity index (χ3v) is 4.58. The summed E-state index contributed by atoms with van der Waals surface area (Å²) in [6.07, 6.45) is 7.40. The number of aromatic nitrogens is 1. The number of hydrogen-bond acceptors (Lipinski definition) is 2. The number of unbranched alkanes of at least 4 members (excludes halogenated alkanes) is 2. The second-order valence-corrected chi connectivity index (χ2v) is 6.52. The van der Waals surface area contributed by atoms with Gasteiger partial charge in [0.15, 0.2) is 3.95 Å². The van der Waals surface area contributed by atoms with E-state index in [4.69, 9.17) is 12.2 Å². The normalized spacial score (nSPS) is 11.2. The molecule has 18 heavy (non-hydrogen) atoms. The van der Waals surface area contributed by atoms with E-state index in [9.17, 15) is 0 Å². The maximum atomic E-state index is 5.28. The molecule has 1 N–H and O–H groups in total. The van der Waals surface area contributed by atoms with Crippen LogP contribution in [0.2, 0.25) is 0 Å². The van der Waals surface area contributed by atoms with Crippen molar-refractivity contribution in [2.24, 2.45) is 0 Å². The first-order valence-corrected chi connectivity index (χ1v) is 8.12. The molecule has 1 aromatic carbocycles. The van der Waals surface area contributed by atoms with Gasteiger partial charge in [0.25, 0.3) is 0 Å². The van der Waals surface area contributed by atoms with Crippen molar-refractivity contribution >= 4 is 33.8 Å². The Kier molecular flexibility index (Phi) is 4.95. The number of benzene rings is 1. The van der Waals surface area contributed by atoms with Gasteiger partial charge in [0.1, 0.15) is 0 Å². The van der Waals surface area contributed by atoms with E-state index in [-0.39, 0.29) is 0 Å². The van der Waals surface area contributed by atoms with Crippen LogP contribution in [-0.4, -0.2) is 4.98 Å². The van der Waals surface area contributed by atoms with Crippen molar-refractivity contribution in [3.05, 3.63) is 27.2 Å². The molecule has 0 radical (unpaired) electrons. The van der Waals surface area contributed by atoms with Gasteiger partial charge in [-0.15, -0.1) is 11.3 Å². The number of aryl methyl sites for hydroxylation is 2. The van der Waals surface area contributed by atoms with Gasteiger partial charge in [0.2, 0.25) is 0 Å². The molecular formula is C15H21NS2. The molecule has 2 aromatic rings. The van der Waals surface area contributed by atoms with Gasteiger partial charge in [-0.3, -0.25) is 0 Å². The van der Waals surface area contributed by atoms with Gasteiger partial charge in [-0.1, -0.05) is 32.8 Å². The number of H-pyrrole nitrogens is 1.